The third-order valence-electron chi connectivity index (χ3n) is 1.99. The summed E-state index contributed by atoms with van der Waals surface area (Å²) in [6.45, 7) is 1.34. The molecule has 0 atom stereocenters. The van der Waals surface area contributed by atoms with Crippen LogP contribution in [-0.4, -0.2) is 18.1 Å². The van der Waals surface area contributed by atoms with E-state index >= 15 is 0 Å². The molecule has 1 aromatic rings. The van der Waals surface area contributed by atoms with E-state index < -0.39 is 12.4 Å². The molecule has 0 aromatic carbocycles. The zero-order valence-electron chi connectivity index (χ0n) is 8.62. The van der Waals surface area contributed by atoms with E-state index in [0.29, 0.717) is 0 Å². The molecular weight excluding hydrogens is 218 g/mol. The van der Waals surface area contributed by atoms with Crippen LogP contribution < -0.4 is 0 Å². The minimum Gasteiger partial charge on any atom is -0.464 e. The number of alkyl halides is 2. The quantitative estimate of drug-likeness (QED) is 0.723. The van der Waals surface area contributed by atoms with Gasteiger partial charge in [-0.3, -0.25) is 0 Å². The van der Waals surface area contributed by atoms with Crippen LogP contribution >= 0.6 is 0 Å². The lowest BCUT2D eigenvalue weighted by Crippen LogP contribution is -2.10. The number of hydrogen-bond acceptors (Lipinski definition) is 4. The summed E-state index contributed by atoms with van der Waals surface area (Å²) in [5.74, 6) is -0.819. The third-order valence-corrected chi connectivity index (χ3v) is 1.99. The first kappa shape index (κ1) is 12.0. The number of methoxy groups -OCH3 is 1. The molecule has 0 saturated heterocycles. The number of hydrogen-bond donors (Lipinski definition) is 0. The van der Waals surface area contributed by atoms with E-state index in [0.717, 1.165) is 13.2 Å². The average Bonchev–Trinajstić information content (AvgIpc) is 2.27. The van der Waals surface area contributed by atoms with Crippen LogP contribution in [0.15, 0.2) is 6.07 Å². The van der Waals surface area contributed by atoms with Crippen molar-refractivity contribution in [1.29, 1.82) is 5.26 Å². The smallest absolute Gasteiger partial charge is 0.358 e. The molecule has 0 radical (unpaired) electrons. The molecule has 0 bridgehead atoms. The van der Waals surface area contributed by atoms with E-state index in [1.54, 1.807) is 6.07 Å². The Kier molecular flexibility index (Phi) is 3.51. The molecule has 1 rings (SSSR count). The average molecular weight is 226 g/mol. The molecule has 0 saturated carbocycles. The highest BCUT2D eigenvalue weighted by molar-refractivity contribution is 5.90. The molecule has 1 aromatic heterocycles. The molecule has 84 valence electrons. The van der Waals surface area contributed by atoms with Crippen LogP contribution in [0.25, 0.3) is 0 Å². The van der Waals surface area contributed by atoms with Crippen molar-refractivity contribution in [2.75, 3.05) is 7.11 Å². The first-order valence-electron chi connectivity index (χ1n) is 4.29. The van der Waals surface area contributed by atoms with Crippen LogP contribution in [0.4, 0.5) is 8.78 Å². The van der Waals surface area contributed by atoms with Gasteiger partial charge in [0.15, 0.2) is 5.69 Å². The zero-order valence-corrected chi connectivity index (χ0v) is 8.62. The number of halogens is 2. The van der Waals surface area contributed by atoms with E-state index in [-0.39, 0.29) is 22.5 Å². The van der Waals surface area contributed by atoms with E-state index in [4.69, 9.17) is 5.26 Å². The first-order valence-corrected chi connectivity index (χ1v) is 4.29. The Morgan fingerprint density at radius 2 is 2.25 bits per heavy atom. The molecule has 6 heteroatoms. The summed E-state index contributed by atoms with van der Waals surface area (Å²) in [5, 5.41) is 8.72. The van der Waals surface area contributed by atoms with Crippen molar-refractivity contribution in [3.63, 3.8) is 0 Å². The van der Waals surface area contributed by atoms with Gasteiger partial charge in [-0.25, -0.2) is 18.6 Å². The van der Waals surface area contributed by atoms with Crippen LogP contribution in [0, 0.1) is 18.3 Å². The highest BCUT2D eigenvalue weighted by Crippen LogP contribution is 2.23. The van der Waals surface area contributed by atoms with Gasteiger partial charge in [-0.05, 0) is 13.0 Å². The fraction of sp³-hybridized carbons (Fsp3) is 0.300. The molecular formula is C10H8F2N2O2. The minimum atomic E-state index is -2.73. The van der Waals surface area contributed by atoms with Crippen molar-refractivity contribution >= 4 is 5.97 Å². The zero-order chi connectivity index (χ0) is 12.3. The lowest BCUT2D eigenvalue weighted by atomic mass is 10.1. The van der Waals surface area contributed by atoms with Gasteiger partial charge in [-0.2, -0.15) is 5.26 Å². The number of aryl methyl sites for hydroxylation is 1. The minimum absolute atomic E-state index is 0.00870. The van der Waals surface area contributed by atoms with Gasteiger partial charge in [-0.1, -0.05) is 0 Å². The second-order valence-electron chi connectivity index (χ2n) is 2.96. The topological polar surface area (TPSA) is 63.0 Å². The highest BCUT2D eigenvalue weighted by Gasteiger charge is 2.20. The Morgan fingerprint density at radius 1 is 1.62 bits per heavy atom. The Labute approximate surface area is 90.5 Å². The lowest BCUT2D eigenvalue weighted by molar-refractivity contribution is 0.0592. The molecule has 16 heavy (non-hydrogen) atoms. The summed E-state index contributed by atoms with van der Waals surface area (Å²) in [4.78, 5) is 14.9. The molecule has 0 fully saturated rings. The third kappa shape index (κ3) is 2.14. The predicted molar refractivity (Wildman–Crippen MR) is 50.0 cm³/mol. The molecule has 0 N–H and O–H groups in total. The normalized spacial score (nSPS) is 10.0. The van der Waals surface area contributed by atoms with Gasteiger partial charge in [0.05, 0.1) is 12.7 Å². The fourth-order valence-corrected chi connectivity index (χ4v) is 1.18. The van der Waals surface area contributed by atoms with Gasteiger partial charge >= 0.3 is 5.97 Å². The number of carbonyl (C=O) groups excluding carboxylic acids is 1. The van der Waals surface area contributed by atoms with Gasteiger partial charge in [0, 0.05) is 11.3 Å². The van der Waals surface area contributed by atoms with Gasteiger partial charge in [0.1, 0.15) is 6.07 Å². The summed E-state index contributed by atoms with van der Waals surface area (Å²) in [6, 6.07) is 2.59. The summed E-state index contributed by atoms with van der Waals surface area (Å²) < 4.78 is 29.4. The summed E-state index contributed by atoms with van der Waals surface area (Å²) in [6.07, 6.45) is -2.73. The monoisotopic (exact) mass is 226 g/mol. The molecule has 0 unspecified atom stereocenters. The maximum absolute atomic E-state index is 12.5. The van der Waals surface area contributed by atoms with Crippen molar-refractivity contribution in [3.8, 4) is 6.07 Å². The fourth-order valence-electron chi connectivity index (χ4n) is 1.18. The molecule has 1 heterocycles. The maximum atomic E-state index is 12.5. The van der Waals surface area contributed by atoms with E-state index in [2.05, 4.69) is 9.72 Å². The highest BCUT2D eigenvalue weighted by atomic mass is 19.3. The van der Waals surface area contributed by atoms with Crippen molar-refractivity contribution in [1.82, 2.24) is 4.98 Å². The standard InChI is InChI=1S/C10H8F2N2O2/c1-5-7(9(11)12)3-6(4-13)8(14-5)10(15)16-2/h3,9H,1-2H3. The number of ether oxygens (including phenoxy) is 1. The van der Waals surface area contributed by atoms with Gasteiger partial charge in [0.2, 0.25) is 0 Å². The second-order valence-corrected chi connectivity index (χ2v) is 2.96. The molecule has 0 aliphatic heterocycles. The van der Waals surface area contributed by atoms with Crippen LogP contribution in [0.5, 0.6) is 0 Å². The SMILES string of the molecule is COC(=O)c1nc(C)c(C(F)F)cc1C#N. The Hall–Kier alpha value is -2.03. The lowest BCUT2D eigenvalue weighted by Gasteiger charge is -2.07. The Bertz CT molecular complexity index is 467. The van der Waals surface area contributed by atoms with Crippen molar-refractivity contribution in [2.24, 2.45) is 0 Å². The van der Waals surface area contributed by atoms with Gasteiger partial charge in [0.25, 0.3) is 6.43 Å². The van der Waals surface area contributed by atoms with E-state index in [1.807, 2.05) is 0 Å². The second kappa shape index (κ2) is 4.66. The predicted octanol–water partition coefficient (Wildman–Crippen LogP) is 1.99. The summed E-state index contributed by atoms with van der Waals surface area (Å²) in [5.41, 5.74) is -0.807. The van der Waals surface area contributed by atoms with Crippen molar-refractivity contribution in [2.45, 2.75) is 13.3 Å². The van der Waals surface area contributed by atoms with Crippen LogP contribution in [0.3, 0.4) is 0 Å². The van der Waals surface area contributed by atoms with Crippen LogP contribution in [0.1, 0.15) is 33.7 Å². The molecule has 4 nitrogen and oxygen atoms in total. The van der Waals surface area contributed by atoms with Crippen molar-refractivity contribution < 1.29 is 18.3 Å². The van der Waals surface area contributed by atoms with Gasteiger partial charge in [-0.15, -0.1) is 0 Å². The number of nitriles is 1. The number of carbonyl (C=O) groups is 1. The molecule has 0 amide bonds. The molecule has 0 spiro atoms. The van der Waals surface area contributed by atoms with Crippen LogP contribution in [0.2, 0.25) is 0 Å². The Morgan fingerprint density at radius 3 is 2.69 bits per heavy atom. The largest absolute Gasteiger partial charge is 0.464 e. The van der Waals surface area contributed by atoms with E-state index in [9.17, 15) is 13.6 Å². The van der Waals surface area contributed by atoms with Crippen LogP contribution in [-0.2, 0) is 4.74 Å². The number of aromatic nitrogens is 1. The first-order chi connectivity index (χ1) is 7.51. The van der Waals surface area contributed by atoms with E-state index in [1.165, 1.54) is 6.92 Å². The summed E-state index contributed by atoms with van der Waals surface area (Å²) >= 11 is 0. The number of rotatable bonds is 2. The maximum Gasteiger partial charge on any atom is 0.358 e. The Balaban J connectivity index is 3.39. The van der Waals surface area contributed by atoms with Gasteiger partial charge < -0.3 is 4.74 Å². The molecule has 0 aliphatic carbocycles. The number of esters is 1. The number of nitrogens with zero attached hydrogens (tertiary/aromatic N) is 2. The number of pyridine rings is 1. The summed E-state index contributed by atoms with van der Waals surface area (Å²) in [7, 11) is 1.13. The van der Waals surface area contributed by atoms with Crippen molar-refractivity contribution in [3.05, 3.63) is 28.6 Å². The molecule has 0 aliphatic rings.